The summed E-state index contributed by atoms with van der Waals surface area (Å²) < 4.78 is 13.8. The van der Waals surface area contributed by atoms with Crippen molar-refractivity contribution in [1.29, 1.82) is 0 Å². The van der Waals surface area contributed by atoms with Crippen molar-refractivity contribution in [2.45, 2.75) is 19.8 Å². The van der Waals surface area contributed by atoms with Gasteiger partial charge in [-0.2, -0.15) is 0 Å². The number of pyridine rings is 1. The molecule has 0 spiro atoms. The second-order valence-electron chi connectivity index (χ2n) is 5.84. The molecule has 0 atom stereocenters. The normalized spacial score (nSPS) is 18.6. The SMILES string of the molecule is Cc1cnc(N2CCN(C(=O)C3=CCCC=C3F)CC2)c(Cl)c1. The molecule has 0 aromatic carbocycles. The largest absolute Gasteiger partial charge is 0.352 e. The van der Waals surface area contributed by atoms with E-state index in [1.165, 1.54) is 6.08 Å². The topological polar surface area (TPSA) is 36.4 Å². The highest BCUT2D eigenvalue weighted by Crippen LogP contribution is 2.26. The lowest BCUT2D eigenvalue weighted by atomic mass is 10.0. The molecule has 0 N–H and O–H groups in total. The monoisotopic (exact) mass is 335 g/mol. The van der Waals surface area contributed by atoms with Crippen molar-refractivity contribution in [3.63, 3.8) is 0 Å². The van der Waals surface area contributed by atoms with E-state index in [0.29, 0.717) is 37.6 Å². The molecule has 2 heterocycles. The molecule has 1 fully saturated rings. The maximum absolute atomic E-state index is 13.8. The van der Waals surface area contributed by atoms with Crippen molar-refractivity contribution < 1.29 is 9.18 Å². The van der Waals surface area contributed by atoms with Crippen LogP contribution in [0.5, 0.6) is 0 Å². The zero-order valence-corrected chi connectivity index (χ0v) is 13.8. The minimum atomic E-state index is -0.396. The third-order valence-electron chi connectivity index (χ3n) is 4.15. The van der Waals surface area contributed by atoms with E-state index in [4.69, 9.17) is 11.6 Å². The Morgan fingerprint density at radius 3 is 2.57 bits per heavy atom. The lowest BCUT2D eigenvalue weighted by molar-refractivity contribution is -0.127. The summed E-state index contributed by atoms with van der Waals surface area (Å²) in [4.78, 5) is 20.6. The molecule has 3 rings (SSSR count). The Bertz CT molecular complexity index is 678. The number of anilines is 1. The second-order valence-corrected chi connectivity index (χ2v) is 6.25. The number of aryl methyl sites for hydroxylation is 1. The van der Waals surface area contributed by atoms with Crippen molar-refractivity contribution in [3.05, 3.63) is 46.4 Å². The van der Waals surface area contributed by atoms with Gasteiger partial charge in [-0.3, -0.25) is 4.79 Å². The molecule has 2 aliphatic rings. The average molecular weight is 336 g/mol. The summed E-state index contributed by atoms with van der Waals surface area (Å²) in [5, 5.41) is 0.619. The Morgan fingerprint density at radius 1 is 1.22 bits per heavy atom. The zero-order chi connectivity index (χ0) is 16.4. The number of allylic oxidation sites excluding steroid dienone is 2. The van der Waals surface area contributed by atoms with Gasteiger partial charge in [-0.05, 0) is 37.5 Å². The van der Waals surface area contributed by atoms with E-state index in [0.717, 1.165) is 17.8 Å². The summed E-state index contributed by atoms with van der Waals surface area (Å²) >= 11 is 6.25. The van der Waals surface area contributed by atoms with Crippen LogP contribution in [0, 0.1) is 6.92 Å². The average Bonchev–Trinajstić information content (AvgIpc) is 2.55. The third kappa shape index (κ3) is 3.39. The standard InChI is InChI=1S/C17H19ClFN3O/c1-12-10-14(18)16(20-11-12)21-6-8-22(9-7-21)17(23)13-4-2-3-5-15(13)19/h4-5,10-11H,2-3,6-9H2,1H3. The van der Waals surface area contributed by atoms with Gasteiger partial charge in [0.1, 0.15) is 11.6 Å². The first kappa shape index (κ1) is 16.0. The molecule has 0 bridgehead atoms. The van der Waals surface area contributed by atoms with Crippen LogP contribution in [0.4, 0.5) is 10.2 Å². The van der Waals surface area contributed by atoms with E-state index < -0.39 is 5.83 Å². The lowest BCUT2D eigenvalue weighted by Crippen LogP contribution is -2.49. The summed E-state index contributed by atoms with van der Waals surface area (Å²) in [5.41, 5.74) is 1.22. The zero-order valence-electron chi connectivity index (χ0n) is 13.1. The Hall–Kier alpha value is -1.88. The Morgan fingerprint density at radius 2 is 1.91 bits per heavy atom. The molecule has 1 aliphatic heterocycles. The molecule has 23 heavy (non-hydrogen) atoms. The van der Waals surface area contributed by atoms with Crippen molar-refractivity contribution in [3.8, 4) is 0 Å². The van der Waals surface area contributed by atoms with Gasteiger partial charge in [0.15, 0.2) is 0 Å². The molecular weight excluding hydrogens is 317 g/mol. The lowest BCUT2D eigenvalue weighted by Gasteiger charge is -2.36. The smallest absolute Gasteiger partial charge is 0.256 e. The van der Waals surface area contributed by atoms with Crippen LogP contribution in [0.3, 0.4) is 0 Å². The summed E-state index contributed by atoms with van der Waals surface area (Å²) in [7, 11) is 0. The molecule has 0 unspecified atom stereocenters. The number of carbonyl (C=O) groups is 1. The van der Waals surface area contributed by atoms with Crippen LogP contribution < -0.4 is 4.90 Å². The predicted molar refractivity (Wildman–Crippen MR) is 89.3 cm³/mol. The van der Waals surface area contributed by atoms with Crippen molar-refractivity contribution in [2.24, 2.45) is 0 Å². The van der Waals surface area contributed by atoms with Gasteiger partial charge in [-0.25, -0.2) is 9.37 Å². The van der Waals surface area contributed by atoms with E-state index in [2.05, 4.69) is 9.88 Å². The van der Waals surface area contributed by atoms with E-state index in [9.17, 15) is 9.18 Å². The van der Waals surface area contributed by atoms with E-state index in [1.807, 2.05) is 13.0 Å². The summed E-state index contributed by atoms with van der Waals surface area (Å²) in [6.07, 6.45) is 6.35. The number of aromatic nitrogens is 1. The maximum Gasteiger partial charge on any atom is 0.256 e. The van der Waals surface area contributed by atoms with E-state index in [1.54, 1.807) is 17.2 Å². The minimum Gasteiger partial charge on any atom is -0.352 e. The van der Waals surface area contributed by atoms with E-state index in [-0.39, 0.29) is 11.5 Å². The number of rotatable bonds is 2. The fourth-order valence-corrected chi connectivity index (χ4v) is 3.23. The first-order valence-electron chi connectivity index (χ1n) is 7.79. The van der Waals surface area contributed by atoms with Crippen LogP contribution in [0.2, 0.25) is 5.02 Å². The Kier molecular flexibility index (Phi) is 4.66. The molecule has 0 radical (unpaired) electrons. The van der Waals surface area contributed by atoms with Gasteiger partial charge in [-0.1, -0.05) is 17.7 Å². The van der Waals surface area contributed by atoms with Gasteiger partial charge in [0.2, 0.25) is 0 Å². The summed E-state index contributed by atoms with van der Waals surface area (Å²) in [6, 6.07) is 1.88. The van der Waals surface area contributed by atoms with Crippen LogP contribution in [-0.2, 0) is 4.79 Å². The second kappa shape index (κ2) is 6.71. The van der Waals surface area contributed by atoms with Crippen molar-refractivity contribution in [2.75, 3.05) is 31.1 Å². The third-order valence-corrected chi connectivity index (χ3v) is 4.43. The molecule has 0 saturated carbocycles. The van der Waals surface area contributed by atoms with Gasteiger partial charge in [0, 0.05) is 32.4 Å². The van der Waals surface area contributed by atoms with Crippen LogP contribution in [0.25, 0.3) is 0 Å². The van der Waals surface area contributed by atoms with Gasteiger partial charge in [0.25, 0.3) is 5.91 Å². The number of amides is 1. The Labute approximate surface area is 140 Å². The van der Waals surface area contributed by atoms with Crippen LogP contribution >= 0.6 is 11.6 Å². The van der Waals surface area contributed by atoms with Gasteiger partial charge in [-0.15, -0.1) is 0 Å². The summed E-state index contributed by atoms with van der Waals surface area (Å²) in [6.45, 7) is 4.30. The molecule has 1 amide bonds. The van der Waals surface area contributed by atoms with Crippen LogP contribution in [0.15, 0.2) is 35.8 Å². The minimum absolute atomic E-state index is 0.205. The van der Waals surface area contributed by atoms with Gasteiger partial charge < -0.3 is 9.80 Å². The quantitative estimate of drug-likeness (QED) is 0.832. The number of nitrogens with zero attached hydrogens (tertiary/aromatic N) is 3. The molecule has 1 aromatic rings. The van der Waals surface area contributed by atoms with E-state index >= 15 is 0 Å². The van der Waals surface area contributed by atoms with Crippen LogP contribution in [0.1, 0.15) is 18.4 Å². The number of hydrogen-bond donors (Lipinski definition) is 0. The predicted octanol–water partition coefficient (Wildman–Crippen LogP) is 3.27. The molecule has 1 aliphatic carbocycles. The number of halogens is 2. The highest BCUT2D eigenvalue weighted by atomic mass is 35.5. The van der Waals surface area contributed by atoms with Crippen molar-refractivity contribution in [1.82, 2.24) is 9.88 Å². The first-order chi connectivity index (χ1) is 11.1. The molecule has 6 heteroatoms. The summed E-state index contributed by atoms with van der Waals surface area (Å²) in [5.74, 6) is 0.125. The van der Waals surface area contributed by atoms with Gasteiger partial charge >= 0.3 is 0 Å². The highest BCUT2D eigenvalue weighted by molar-refractivity contribution is 6.33. The fraction of sp³-hybridized carbons (Fsp3) is 0.412. The highest BCUT2D eigenvalue weighted by Gasteiger charge is 2.27. The number of piperazine rings is 1. The Balaban J connectivity index is 1.65. The molecule has 1 aromatic heterocycles. The van der Waals surface area contributed by atoms with Gasteiger partial charge in [0.05, 0.1) is 10.6 Å². The van der Waals surface area contributed by atoms with Crippen LogP contribution in [-0.4, -0.2) is 42.0 Å². The molecule has 4 nitrogen and oxygen atoms in total. The first-order valence-corrected chi connectivity index (χ1v) is 8.16. The molecular formula is C17H19ClFN3O. The molecule has 122 valence electrons. The number of carbonyl (C=O) groups excluding carboxylic acids is 1. The number of hydrogen-bond acceptors (Lipinski definition) is 3. The fourth-order valence-electron chi connectivity index (χ4n) is 2.89. The molecule has 1 saturated heterocycles. The van der Waals surface area contributed by atoms with Crippen molar-refractivity contribution >= 4 is 23.3 Å². The maximum atomic E-state index is 13.8.